The molecule has 0 saturated heterocycles. The van der Waals surface area contributed by atoms with E-state index < -0.39 is 17.9 Å². The molecule has 4 rings (SSSR count). The zero-order valence-electron chi connectivity index (χ0n) is 23.8. The Labute approximate surface area is 258 Å². The van der Waals surface area contributed by atoms with E-state index in [1.165, 1.54) is 24.3 Å². The standard InChI is InChI=1S/C34H28O11/c1-2-40-28-13-15-30(33(37)38)31(19-28)34(39)43-20-23-8-10-24(11-9-23)21-44-45-22-25-18-27(12-14-29(25)32(35)36)42-17-16-41-26-6-4-3-5-7-26/h1,3-15,18-19H,16-17,20-22H2,(H,35,36)(H,37,38). The maximum Gasteiger partial charge on any atom is 0.339 e. The molecule has 45 heavy (non-hydrogen) atoms. The Morgan fingerprint density at radius 2 is 1.22 bits per heavy atom. The van der Waals surface area contributed by atoms with Gasteiger partial charge in [0.1, 0.15) is 56.4 Å². The smallest absolute Gasteiger partial charge is 0.339 e. The molecule has 0 aliphatic rings. The van der Waals surface area contributed by atoms with Gasteiger partial charge in [0.2, 0.25) is 0 Å². The average Bonchev–Trinajstić information content (AvgIpc) is 3.05. The van der Waals surface area contributed by atoms with Crippen molar-refractivity contribution >= 4 is 17.9 Å². The molecule has 0 aromatic heterocycles. The Hall–Kier alpha value is -5.83. The molecule has 0 saturated carbocycles. The molecular weight excluding hydrogens is 584 g/mol. The van der Waals surface area contributed by atoms with Gasteiger partial charge in [-0.1, -0.05) is 48.9 Å². The maximum absolute atomic E-state index is 12.6. The van der Waals surface area contributed by atoms with Crippen molar-refractivity contribution in [1.82, 2.24) is 0 Å². The van der Waals surface area contributed by atoms with Crippen molar-refractivity contribution in [2.45, 2.75) is 19.8 Å². The van der Waals surface area contributed by atoms with E-state index in [9.17, 15) is 24.6 Å². The Morgan fingerprint density at radius 3 is 1.89 bits per heavy atom. The quantitative estimate of drug-likeness (QED) is 0.0542. The minimum atomic E-state index is -1.30. The highest BCUT2D eigenvalue weighted by Crippen LogP contribution is 2.21. The van der Waals surface area contributed by atoms with Gasteiger partial charge in [-0.3, -0.25) is 0 Å². The molecule has 0 heterocycles. The van der Waals surface area contributed by atoms with Gasteiger partial charge >= 0.3 is 17.9 Å². The van der Waals surface area contributed by atoms with Crippen LogP contribution in [-0.4, -0.2) is 41.3 Å². The molecule has 0 fully saturated rings. The van der Waals surface area contributed by atoms with Crippen LogP contribution in [0.5, 0.6) is 17.2 Å². The van der Waals surface area contributed by atoms with E-state index in [2.05, 4.69) is 0 Å². The molecule has 0 bridgehead atoms. The third-order valence-corrected chi connectivity index (χ3v) is 6.21. The van der Waals surface area contributed by atoms with Crippen molar-refractivity contribution in [3.63, 3.8) is 0 Å². The SMILES string of the molecule is C#COc1ccc(C(=O)O)c(C(=O)OCc2ccc(COOCc3cc(OCCOc4ccccc4)ccc3C(=O)O)cc2)c1. The summed E-state index contributed by atoms with van der Waals surface area (Å²) >= 11 is 0. The van der Waals surface area contributed by atoms with Gasteiger partial charge in [-0.05, 0) is 65.2 Å². The highest BCUT2D eigenvalue weighted by atomic mass is 17.2. The number of rotatable bonds is 16. The van der Waals surface area contributed by atoms with Crippen LogP contribution in [0.3, 0.4) is 0 Å². The summed E-state index contributed by atoms with van der Waals surface area (Å²) in [5, 5.41) is 18.9. The fourth-order valence-corrected chi connectivity index (χ4v) is 4.01. The molecule has 11 nitrogen and oxygen atoms in total. The number of hydrogen-bond donors (Lipinski definition) is 2. The van der Waals surface area contributed by atoms with Gasteiger partial charge in [0.25, 0.3) is 0 Å². The van der Waals surface area contributed by atoms with Crippen LogP contribution in [0, 0.1) is 12.5 Å². The zero-order valence-corrected chi connectivity index (χ0v) is 23.8. The van der Waals surface area contributed by atoms with Gasteiger partial charge in [0, 0.05) is 0 Å². The van der Waals surface area contributed by atoms with Crippen molar-refractivity contribution in [2.75, 3.05) is 13.2 Å². The summed E-state index contributed by atoms with van der Waals surface area (Å²) in [5.41, 5.74) is 1.33. The first-order chi connectivity index (χ1) is 21.8. The number of hydrogen-bond acceptors (Lipinski definition) is 9. The highest BCUT2D eigenvalue weighted by molar-refractivity contribution is 6.02. The monoisotopic (exact) mass is 612 g/mol. The summed E-state index contributed by atoms with van der Waals surface area (Å²) < 4.78 is 21.5. The topological polar surface area (TPSA) is 147 Å². The van der Waals surface area contributed by atoms with Crippen LogP contribution in [0.2, 0.25) is 0 Å². The van der Waals surface area contributed by atoms with Crippen molar-refractivity contribution in [3.05, 3.63) is 124 Å². The Kier molecular flexibility index (Phi) is 11.5. The van der Waals surface area contributed by atoms with Gasteiger partial charge < -0.3 is 29.2 Å². The number of ether oxygens (including phenoxy) is 4. The molecule has 2 N–H and O–H groups in total. The van der Waals surface area contributed by atoms with Crippen LogP contribution >= 0.6 is 0 Å². The minimum absolute atomic E-state index is 0.0520. The Bertz CT molecular complexity index is 1660. The molecule has 0 radical (unpaired) electrons. The number of para-hydroxylation sites is 1. The first-order valence-electron chi connectivity index (χ1n) is 13.5. The molecule has 0 spiro atoms. The number of carboxylic acids is 2. The predicted molar refractivity (Wildman–Crippen MR) is 159 cm³/mol. The molecule has 230 valence electrons. The van der Waals surface area contributed by atoms with E-state index in [1.54, 1.807) is 36.4 Å². The van der Waals surface area contributed by atoms with Gasteiger partial charge in [-0.15, -0.1) is 0 Å². The lowest BCUT2D eigenvalue weighted by Gasteiger charge is -2.12. The van der Waals surface area contributed by atoms with Crippen LogP contribution in [0.4, 0.5) is 0 Å². The van der Waals surface area contributed by atoms with E-state index in [0.29, 0.717) is 23.5 Å². The van der Waals surface area contributed by atoms with Crippen molar-refractivity contribution < 1.29 is 53.3 Å². The van der Waals surface area contributed by atoms with Crippen LogP contribution in [0.15, 0.2) is 91.0 Å². The predicted octanol–water partition coefficient (Wildman–Crippen LogP) is 5.52. The van der Waals surface area contributed by atoms with Crippen LogP contribution in [0.1, 0.15) is 47.8 Å². The molecule has 4 aromatic rings. The number of carboxylic acid groups (broad SMARTS) is 2. The number of carbonyl (C=O) groups is 3. The van der Waals surface area contributed by atoms with Crippen molar-refractivity contribution in [2.24, 2.45) is 0 Å². The summed E-state index contributed by atoms with van der Waals surface area (Å²) in [5.74, 6) is -1.96. The first-order valence-corrected chi connectivity index (χ1v) is 13.5. The van der Waals surface area contributed by atoms with Gasteiger partial charge in [-0.25, -0.2) is 24.2 Å². The fraction of sp³-hybridized carbons (Fsp3) is 0.147. The van der Waals surface area contributed by atoms with Crippen LogP contribution in [0.25, 0.3) is 0 Å². The fourth-order valence-electron chi connectivity index (χ4n) is 4.01. The van der Waals surface area contributed by atoms with Gasteiger partial charge in [0.15, 0.2) is 0 Å². The lowest BCUT2D eigenvalue weighted by Crippen LogP contribution is -2.12. The highest BCUT2D eigenvalue weighted by Gasteiger charge is 2.19. The van der Waals surface area contributed by atoms with E-state index in [0.717, 1.165) is 11.3 Å². The Morgan fingerprint density at radius 1 is 0.622 bits per heavy atom. The zero-order chi connectivity index (χ0) is 32.0. The number of benzene rings is 4. The second-order valence-corrected chi connectivity index (χ2v) is 9.28. The molecular formula is C34H28O11. The third-order valence-electron chi connectivity index (χ3n) is 6.21. The van der Waals surface area contributed by atoms with Crippen LogP contribution < -0.4 is 14.2 Å². The number of aromatic carboxylic acids is 2. The summed E-state index contributed by atoms with van der Waals surface area (Å²) in [6.45, 7) is 0.359. The lowest BCUT2D eigenvalue weighted by molar-refractivity contribution is -0.313. The van der Waals surface area contributed by atoms with E-state index >= 15 is 0 Å². The first kappa shape index (κ1) is 32.1. The van der Waals surface area contributed by atoms with Gasteiger partial charge in [0.05, 0.1) is 16.7 Å². The van der Waals surface area contributed by atoms with Gasteiger partial charge in [-0.2, -0.15) is 0 Å². The number of esters is 1. The van der Waals surface area contributed by atoms with Crippen molar-refractivity contribution in [1.29, 1.82) is 0 Å². The second-order valence-electron chi connectivity index (χ2n) is 9.28. The molecule has 0 unspecified atom stereocenters. The average molecular weight is 613 g/mol. The summed E-state index contributed by atoms with van der Waals surface area (Å²) in [7, 11) is 0. The molecule has 0 amide bonds. The molecule has 0 aliphatic heterocycles. The minimum Gasteiger partial charge on any atom is -0.490 e. The second kappa shape index (κ2) is 16.1. The van der Waals surface area contributed by atoms with Crippen molar-refractivity contribution in [3.8, 4) is 29.8 Å². The Balaban J connectivity index is 1.24. The summed E-state index contributed by atoms with van der Waals surface area (Å²) in [6, 6.07) is 24.5. The largest absolute Gasteiger partial charge is 0.490 e. The molecule has 0 atom stereocenters. The normalized spacial score (nSPS) is 10.4. The molecule has 11 heteroatoms. The summed E-state index contributed by atoms with van der Waals surface area (Å²) in [6.07, 6.45) is 7.06. The third kappa shape index (κ3) is 9.59. The lowest BCUT2D eigenvalue weighted by atomic mass is 10.1. The van der Waals surface area contributed by atoms with E-state index in [1.807, 2.05) is 36.4 Å². The van der Waals surface area contributed by atoms with Crippen LogP contribution in [-0.2, 0) is 34.3 Å². The molecule has 4 aromatic carbocycles. The number of carbonyl (C=O) groups excluding carboxylic acids is 1. The number of terminal acetylenes is 1. The maximum atomic E-state index is 12.6. The molecule has 0 aliphatic carbocycles. The van der Waals surface area contributed by atoms with E-state index in [-0.39, 0.29) is 48.9 Å². The summed E-state index contributed by atoms with van der Waals surface area (Å²) in [4.78, 5) is 46.3. The van der Waals surface area contributed by atoms with E-state index in [4.69, 9.17) is 35.1 Å².